The van der Waals surface area contributed by atoms with E-state index in [2.05, 4.69) is 57.4 Å². The summed E-state index contributed by atoms with van der Waals surface area (Å²) in [5, 5.41) is 12.8. The van der Waals surface area contributed by atoms with E-state index < -0.39 is 0 Å². The van der Waals surface area contributed by atoms with Crippen LogP contribution in [0.5, 0.6) is 5.75 Å². The number of carbonyl (C=O) groups is 1. The van der Waals surface area contributed by atoms with Gasteiger partial charge in [-0.05, 0) is 82.3 Å². The normalized spacial score (nSPS) is 12.4. The molecule has 1 unspecified atom stereocenters. The highest BCUT2D eigenvalue weighted by atomic mass is 127. The molecule has 0 saturated carbocycles. The molecule has 0 spiro atoms. The molecule has 0 aliphatic rings. The quantitative estimate of drug-likeness (QED) is 0.509. The fraction of sp³-hybridized carbons (Fsp3) is 0.417. The molecule has 2 N–H and O–H groups in total. The molecule has 1 aromatic rings. The Labute approximate surface area is 129 Å². The SMILES string of the molecule is CCCNC(C=O)Cc1cc(I)c(O)c(I)c1. The van der Waals surface area contributed by atoms with Gasteiger partial charge in [-0.2, -0.15) is 0 Å². The predicted molar refractivity (Wildman–Crippen MR) is 85.4 cm³/mol. The van der Waals surface area contributed by atoms with Crippen LogP contribution in [0.15, 0.2) is 12.1 Å². The van der Waals surface area contributed by atoms with Gasteiger partial charge in [0.1, 0.15) is 12.0 Å². The van der Waals surface area contributed by atoms with Crippen LogP contribution in [0, 0.1) is 7.14 Å². The van der Waals surface area contributed by atoms with Gasteiger partial charge in [0.05, 0.1) is 13.2 Å². The highest BCUT2D eigenvalue weighted by Crippen LogP contribution is 2.27. The molecule has 0 amide bonds. The third-order valence-electron chi connectivity index (χ3n) is 2.35. The minimum Gasteiger partial charge on any atom is -0.506 e. The van der Waals surface area contributed by atoms with Crippen LogP contribution in [0.3, 0.4) is 0 Å². The van der Waals surface area contributed by atoms with Gasteiger partial charge in [0.15, 0.2) is 0 Å². The van der Waals surface area contributed by atoms with Crippen molar-refractivity contribution >= 4 is 51.5 Å². The molecule has 3 nitrogen and oxygen atoms in total. The molecule has 0 saturated heterocycles. The third-order valence-corrected chi connectivity index (χ3v) is 4.00. The van der Waals surface area contributed by atoms with Crippen molar-refractivity contribution in [2.45, 2.75) is 25.8 Å². The Morgan fingerprint density at radius 3 is 2.47 bits per heavy atom. The van der Waals surface area contributed by atoms with Crippen molar-refractivity contribution in [3.63, 3.8) is 0 Å². The average Bonchev–Trinajstić information content (AvgIpc) is 2.31. The second kappa shape index (κ2) is 7.52. The summed E-state index contributed by atoms with van der Waals surface area (Å²) in [5.74, 6) is 0.319. The Morgan fingerprint density at radius 2 is 2.00 bits per heavy atom. The lowest BCUT2D eigenvalue weighted by molar-refractivity contribution is -0.109. The summed E-state index contributed by atoms with van der Waals surface area (Å²) in [6, 6.07) is 3.69. The van der Waals surface area contributed by atoms with Gasteiger partial charge in [0.2, 0.25) is 0 Å². The zero-order valence-electron chi connectivity index (χ0n) is 9.54. The van der Waals surface area contributed by atoms with Gasteiger partial charge >= 0.3 is 0 Å². The van der Waals surface area contributed by atoms with Crippen molar-refractivity contribution in [1.82, 2.24) is 5.32 Å². The number of benzene rings is 1. The van der Waals surface area contributed by atoms with Gasteiger partial charge in [-0.1, -0.05) is 6.92 Å². The number of nitrogens with one attached hydrogen (secondary N) is 1. The lowest BCUT2D eigenvalue weighted by atomic mass is 10.1. The molecule has 0 radical (unpaired) electrons. The van der Waals surface area contributed by atoms with E-state index in [0.717, 1.165) is 32.0 Å². The molecule has 1 atom stereocenters. The van der Waals surface area contributed by atoms with E-state index in [4.69, 9.17) is 0 Å². The molecule has 1 aromatic carbocycles. The molecule has 1 rings (SSSR count). The minimum atomic E-state index is -0.147. The minimum absolute atomic E-state index is 0.147. The van der Waals surface area contributed by atoms with Crippen LogP contribution in [0.1, 0.15) is 18.9 Å². The van der Waals surface area contributed by atoms with Crippen molar-refractivity contribution in [2.75, 3.05) is 6.54 Å². The van der Waals surface area contributed by atoms with Crippen LogP contribution in [0.2, 0.25) is 0 Å². The summed E-state index contributed by atoms with van der Waals surface area (Å²) >= 11 is 4.20. The summed E-state index contributed by atoms with van der Waals surface area (Å²) in [6.07, 6.45) is 2.62. The first-order chi connectivity index (χ1) is 8.08. The summed E-state index contributed by atoms with van der Waals surface area (Å²) in [5.41, 5.74) is 1.07. The van der Waals surface area contributed by atoms with E-state index in [1.807, 2.05) is 12.1 Å². The zero-order valence-corrected chi connectivity index (χ0v) is 13.9. The maximum absolute atomic E-state index is 10.9. The topological polar surface area (TPSA) is 49.3 Å². The zero-order chi connectivity index (χ0) is 12.8. The fourth-order valence-electron chi connectivity index (χ4n) is 1.49. The van der Waals surface area contributed by atoms with Crippen LogP contribution in [0.25, 0.3) is 0 Å². The van der Waals surface area contributed by atoms with Gasteiger partial charge < -0.3 is 15.2 Å². The number of phenolic OH excluding ortho intramolecular Hbond substituents is 1. The maximum atomic E-state index is 10.9. The largest absolute Gasteiger partial charge is 0.506 e. The Balaban J connectivity index is 2.76. The number of hydrogen-bond acceptors (Lipinski definition) is 3. The molecule has 5 heteroatoms. The monoisotopic (exact) mass is 459 g/mol. The molecular formula is C12H15I2NO2. The number of carbonyl (C=O) groups excluding carboxylic acids is 1. The number of halogens is 2. The van der Waals surface area contributed by atoms with Crippen molar-refractivity contribution in [2.24, 2.45) is 0 Å². The first-order valence-corrected chi connectivity index (χ1v) is 7.59. The Hall–Kier alpha value is 0.110. The first-order valence-electron chi connectivity index (χ1n) is 5.44. The van der Waals surface area contributed by atoms with E-state index in [-0.39, 0.29) is 6.04 Å². The molecule has 0 bridgehead atoms. The Bertz CT molecular complexity index is 373. The van der Waals surface area contributed by atoms with E-state index >= 15 is 0 Å². The molecule has 0 aromatic heterocycles. The van der Waals surface area contributed by atoms with Crippen LogP contribution >= 0.6 is 45.2 Å². The number of phenols is 1. The first kappa shape index (κ1) is 15.2. The molecule has 0 aliphatic carbocycles. The number of rotatable bonds is 6. The summed E-state index contributed by atoms with van der Waals surface area (Å²) in [4.78, 5) is 10.9. The smallest absolute Gasteiger partial charge is 0.142 e. The van der Waals surface area contributed by atoms with Gasteiger partial charge in [-0.15, -0.1) is 0 Å². The van der Waals surface area contributed by atoms with E-state index in [9.17, 15) is 9.90 Å². The van der Waals surface area contributed by atoms with Crippen LogP contribution < -0.4 is 5.32 Å². The van der Waals surface area contributed by atoms with Crippen molar-refractivity contribution in [3.8, 4) is 5.75 Å². The molecular weight excluding hydrogens is 444 g/mol. The van der Waals surface area contributed by atoms with E-state index in [0.29, 0.717) is 12.2 Å². The third kappa shape index (κ3) is 4.70. The maximum Gasteiger partial charge on any atom is 0.142 e. The second-order valence-electron chi connectivity index (χ2n) is 3.81. The van der Waals surface area contributed by atoms with E-state index in [1.165, 1.54) is 0 Å². The van der Waals surface area contributed by atoms with Crippen LogP contribution in [-0.4, -0.2) is 24.0 Å². The summed E-state index contributed by atoms with van der Waals surface area (Å²) < 4.78 is 1.65. The van der Waals surface area contributed by atoms with Gasteiger partial charge in [0, 0.05) is 0 Å². The number of aromatic hydroxyl groups is 1. The number of aldehydes is 1. The predicted octanol–water partition coefficient (Wildman–Crippen LogP) is 2.71. The average molecular weight is 459 g/mol. The fourth-order valence-corrected chi connectivity index (χ4v) is 3.39. The van der Waals surface area contributed by atoms with Gasteiger partial charge in [-0.3, -0.25) is 0 Å². The molecule has 0 aliphatic heterocycles. The standard InChI is InChI=1S/C12H15I2NO2/c1-2-3-15-9(7-16)4-8-5-10(13)12(17)11(14)6-8/h5-7,9,15,17H,2-4H2,1H3. The highest BCUT2D eigenvalue weighted by molar-refractivity contribution is 14.1. The lowest BCUT2D eigenvalue weighted by Crippen LogP contribution is -2.33. The highest BCUT2D eigenvalue weighted by Gasteiger charge is 2.11. The van der Waals surface area contributed by atoms with Crippen LogP contribution in [0.4, 0.5) is 0 Å². The lowest BCUT2D eigenvalue weighted by Gasteiger charge is -2.13. The molecule has 17 heavy (non-hydrogen) atoms. The summed E-state index contributed by atoms with van der Waals surface area (Å²) in [6.45, 7) is 2.91. The Morgan fingerprint density at radius 1 is 1.41 bits per heavy atom. The van der Waals surface area contributed by atoms with Crippen LogP contribution in [-0.2, 0) is 11.2 Å². The van der Waals surface area contributed by atoms with Crippen molar-refractivity contribution < 1.29 is 9.90 Å². The molecule has 94 valence electrons. The molecule has 0 heterocycles. The number of hydrogen-bond donors (Lipinski definition) is 2. The Kier molecular flexibility index (Phi) is 6.71. The van der Waals surface area contributed by atoms with Gasteiger partial charge in [-0.25, -0.2) is 0 Å². The van der Waals surface area contributed by atoms with Crippen molar-refractivity contribution in [1.29, 1.82) is 0 Å². The van der Waals surface area contributed by atoms with E-state index in [1.54, 1.807) is 0 Å². The second-order valence-corrected chi connectivity index (χ2v) is 6.13. The van der Waals surface area contributed by atoms with Gasteiger partial charge in [0.25, 0.3) is 0 Å². The molecule has 0 fully saturated rings. The summed E-state index contributed by atoms with van der Waals surface area (Å²) in [7, 11) is 0. The van der Waals surface area contributed by atoms with Crippen molar-refractivity contribution in [3.05, 3.63) is 24.8 Å².